The van der Waals surface area contributed by atoms with Crippen LogP contribution in [0.3, 0.4) is 0 Å². The maximum atomic E-state index is 12.7. The van der Waals surface area contributed by atoms with Crippen LogP contribution in [0.25, 0.3) is 0 Å². The fourth-order valence-corrected chi connectivity index (χ4v) is 3.28. The van der Waals surface area contributed by atoms with E-state index in [4.69, 9.17) is 4.74 Å². The van der Waals surface area contributed by atoms with Crippen molar-refractivity contribution in [2.24, 2.45) is 0 Å². The van der Waals surface area contributed by atoms with Crippen LogP contribution in [0.2, 0.25) is 0 Å². The van der Waals surface area contributed by atoms with E-state index in [1.165, 1.54) is 4.90 Å². The van der Waals surface area contributed by atoms with Gasteiger partial charge in [0.15, 0.2) is 0 Å². The Hall–Kier alpha value is -1.92. The van der Waals surface area contributed by atoms with Gasteiger partial charge in [-0.3, -0.25) is 14.5 Å². The summed E-state index contributed by atoms with van der Waals surface area (Å²) in [4.78, 5) is 28.4. The van der Waals surface area contributed by atoms with E-state index >= 15 is 0 Å². The minimum atomic E-state index is -0.402. The fourth-order valence-electron chi connectivity index (χ4n) is 3.28. The standard InChI is InChI=1S/C18H24N2O4/c1-2-11-24-15-5-3-13(4-6-15)20-17(22)12-16(18(20)23)19-9-7-14(21)8-10-19/h3-6,14,16,21H,2,7-12H2,1H3/t16-/m1/s1. The summed E-state index contributed by atoms with van der Waals surface area (Å²) in [5.74, 6) is 0.401. The van der Waals surface area contributed by atoms with Crippen molar-refractivity contribution in [2.75, 3.05) is 24.6 Å². The first-order valence-electron chi connectivity index (χ1n) is 8.62. The summed E-state index contributed by atoms with van der Waals surface area (Å²) >= 11 is 0. The largest absolute Gasteiger partial charge is 0.494 e. The van der Waals surface area contributed by atoms with Gasteiger partial charge in [-0.1, -0.05) is 6.92 Å². The summed E-state index contributed by atoms with van der Waals surface area (Å²) in [7, 11) is 0. The lowest BCUT2D eigenvalue weighted by Gasteiger charge is -2.32. The summed E-state index contributed by atoms with van der Waals surface area (Å²) < 4.78 is 5.53. The number of rotatable bonds is 5. The van der Waals surface area contributed by atoms with Crippen LogP contribution in [0, 0.1) is 0 Å². The Morgan fingerprint density at radius 2 is 1.83 bits per heavy atom. The molecule has 1 atom stereocenters. The SMILES string of the molecule is CCCOc1ccc(N2C(=O)C[C@@H](N3CCC(O)CC3)C2=O)cc1. The minimum Gasteiger partial charge on any atom is -0.494 e. The van der Waals surface area contributed by atoms with E-state index in [1.807, 2.05) is 11.8 Å². The third-order valence-electron chi connectivity index (χ3n) is 4.63. The number of imide groups is 1. The Balaban J connectivity index is 1.70. The van der Waals surface area contributed by atoms with Gasteiger partial charge in [-0.05, 0) is 43.5 Å². The van der Waals surface area contributed by atoms with E-state index in [0.29, 0.717) is 38.2 Å². The molecule has 0 aliphatic carbocycles. The average Bonchev–Trinajstić information content (AvgIpc) is 2.89. The molecule has 3 rings (SSSR count). The molecule has 2 fully saturated rings. The number of aliphatic hydroxyl groups is 1. The van der Waals surface area contributed by atoms with Gasteiger partial charge in [0.05, 0.1) is 30.9 Å². The van der Waals surface area contributed by atoms with Crippen molar-refractivity contribution >= 4 is 17.5 Å². The van der Waals surface area contributed by atoms with Crippen molar-refractivity contribution in [2.45, 2.75) is 44.8 Å². The Labute approximate surface area is 142 Å². The Kier molecular flexibility index (Phi) is 5.16. The predicted octanol–water partition coefficient (Wildman–Crippen LogP) is 1.56. The number of carbonyl (C=O) groups is 2. The van der Waals surface area contributed by atoms with E-state index in [1.54, 1.807) is 24.3 Å². The monoisotopic (exact) mass is 332 g/mol. The second-order valence-electron chi connectivity index (χ2n) is 6.40. The van der Waals surface area contributed by atoms with Crippen molar-refractivity contribution in [1.82, 2.24) is 4.90 Å². The Morgan fingerprint density at radius 1 is 1.17 bits per heavy atom. The van der Waals surface area contributed by atoms with Crippen molar-refractivity contribution in [3.05, 3.63) is 24.3 Å². The molecule has 6 heteroatoms. The predicted molar refractivity (Wildman–Crippen MR) is 89.9 cm³/mol. The molecule has 6 nitrogen and oxygen atoms in total. The van der Waals surface area contributed by atoms with Crippen LogP contribution >= 0.6 is 0 Å². The van der Waals surface area contributed by atoms with Crippen molar-refractivity contribution < 1.29 is 19.4 Å². The van der Waals surface area contributed by atoms with Crippen LogP contribution in [0.4, 0.5) is 5.69 Å². The molecule has 0 aromatic heterocycles. The van der Waals surface area contributed by atoms with Gasteiger partial charge >= 0.3 is 0 Å². The van der Waals surface area contributed by atoms with E-state index in [0.717, 1.165) is 12.2 Å². The quantitative estimate of drug-likeness (QED) is 0.829. The van der Waals surface area contributed by atoms with Crippen LogP contribution in [-0.2, 0) is 9.59 Å². The summed E-state index contributed by atoms with van der Waals surface area (Å²) in [6.07, 6.45) is 2.16. The number of benzene rings is 1. The zero-order valence-electron chi connectivity index (χ0n) is 14.0. The fraction of sp³-hybridized carbons (Fsp3) is 0.556. The highest BCUT2D eigenvalue weighted by Gasteiger charge is 2.43. The van der Waals surface area contributed by atoms with Crippen molar-refractivity contribution in [3.8, 4) is 5.75 Å². The molecule has 0 spiro atoms. The van der Waals surface area contributed by atoms with E-state index < -0.39 is 6.04 Å². The number of aliphatic hydroxyl groups excluding tert-OH is 1. The molecule has 1 N–H and O–H groups in total. The van der Waals surface area contributed by atoms with Crippen LogP contribution in [0.15, 0.2) is 24.3 Å². The first kappa shape index (κ1) is 16.9. The molecule has 2 saturated heterocycles. The van der Waals surface area contributed by atoms with Crippen LogP contribution < -0.4 is 9.64 Å². The third kappa shape index (κ3) is 3.44. The maximum absolute atomic E-state index is 12.7. The Morgan fingerprint density at radius 3 is 2.46 bits per heavy atom. The van der Waals surface area contributed by atoms with Crippen molar-refractivity contribution in [1.29, 1.82) is 0 Å². The second kappa shape index (κ2) is 7.32. The number of anilines is 1. The highest BCUT2D eigenvalue weighted by Crippen LogP contribution is 2.28. The molecule has 1 aromatic carbocycles. The van der Waals surface area contributed by atoms with Gasteiger partial charge in [0, 0.05) is 13.1 Å². The number of hydrogen-bond acceptors (Lipinski definition) is 5. The third-order valence-corrected chi connectivity index (χ3v) is 4.63. The summed E-state index contributed by atoms with van der Waals surface area (Å²) in [5, 5.41) is 9.60. The van der Waals surface area contributed by atoms with Crippen LogP contribution in [-0.4, -0.2) is 53.7 Å². The van der Waals surface area contributed by atoms with Gasteiger partial charge in [0.25, 0.3) is 5.91 Å². The average molecular weight is 332 g/mol. The normalized spacial score (nSPS) is 23.1. The van der Waals surface area contributed by atoms with Gasteiger partial charge < -0.3 is 9.84 Å². The first-order valence-corrected chi connectivity index (χ1v) is 8.62. The maximum Gasteiger partial charge on any atom is 0.251 e. The zero-order chi connectivity index (χ0) is 17.1. The lowest BCUT2D eigenvalue weighted by molar-refractivity contribution is -0.123. The summed E-state index contributed by atoms with van der Waals surface area (Å²) in [6.45, 7) is 3.99. The lowest BCUT2D eigenvalue weighted by atomic mass is 10.1. The second-order valence-corrected chi connectivity index (χ2v) is 6.40. The molecule has 1 aromatic rings. The molecule has 0 bridgehead atoms. The minimum absolute atomic E-state index is 0.168. The summed E-state index contributed by atoms with van der Waals surface area (Å²) in [5.41, 5.74) is 0.591. The van der Waals surface area contributed by atoms with E-state index in [-0.39, 0.29) is 24.3 Å². The van der Waals surface area contributed by atoms with Gasteiger partial charge in [0.2, 0.25) is 5.91 Å². The van der Waals surface area contributed by atoms with Gasteiger partial charge in [0.1, 0.15) is 5.75 Å². The number of likely N-dealkylation sites (tertiary alicyclic amines) is 1. The van der Waals surface area contributed by atoms with Gasteiger partial charge in [-0.2, -0.15) is 0 Å². The topological polar surface area (TPSA) is 70.1 Å². The van der Waals surface area contributed by atoms with Crippen LogP contribution in [0.1, 0.15) is 32.6 Å². The van der Waals surface area contributed by atoms with E-state index in [2.05, 4.69) is 0 Å². The number of ether oxygens (including phenoxy) is 1. The number of amides is 2. The summed E-state index contributed by atoms with van der Waals surface area (Å²) in [6, 6.07) is 6.68. The smallest absolute Gasteiger partial charge is 0.251 e. The molecule has 0 radical (unpaired) electrons. The molecular weight excluding hydrogens is 308 g/mol. The lowest BCUT2D eigenvalue weighted by Crippen LogP contribution is -2.46. The van der Waals surface area contributed by atoms with Crippen LogP contribution in [0.5, 0.6) is 5.75 Å². The number of nitrogens with zero attached hydrogens (tertiary/aromatic N) is 2. The first-order chi connectivity index (χ1) is 11.6. The number of hydrogen-bond donors (Lipinski definition) is 1. The number of carbonyl (C=O) groups excluding carboxylic acids is 2. The molecule has 24 heavy (non-hydrogen) atoms. The highest BCUT2D eigenvalue weighted by molar-refractivity contribution is 6.22. The molecule has 2 aliphatic heterocycles. The molecule has 130 valence electrons. The Bertz CT molecular complexity index is 594. The molecular formula is C18H24N2O4. The molecule has 2 amide bonds. The van der Waals surface area contributed by atoms with Gasteiger partial charge in [-0.25, -0.2) is 4.90 Å². The van der Waals surface area contributed by atoms with Crippen molar-refractivity contribution in [3.63, 3.8) is 0 Å². The molecule has 0 unspecified atom stereocenters. The highest BCUT2D eigenvalue weighted by atomic mass is 16.5. The molecule has 2 heterocycles. The van der Waals surface area contributed by atoms with Gasteiger partial charge in [-0.15, -0.1) is 0 Å². The molecule has 2 aliphatic rings. The zero-order valence-corrected chi connectivity index (χ0v) is 14.0. The number of piperidine rings is 1. The van der Waals surface area contributed by atoms with E-state index in [9.17, 15) is 14.7 Å². The molecule has 0 saturated carbocycles.